The maximum Gasteiger partial charge on any atom is 0.416 e. The molecule has 14 heteroatoms. The number of alkyl halides is 3. The van der Waals surface area contributed by atoms with Gasteiger partial charge in [-0.15, -0.1) is 0 Å². The Balaban J connectivity index is 1.35. The van der Waals surface area contributed by atoms with Crippen molar-refractivity contribution < 1.29 is 37.5 Å². The van der Waals surface area contributed by atoms with Crippen LogP contribution in [0, 0.1) is 0 Å². The Morgan fingerprint density at radius 2 is 1.63 bits per heavy atom. The molecule has 4 rings (SSSR count). The molecule has 4 amide bonds. The molecular weight excluding hydrogens is 612 g/mol. The Bertz CT molecular complexity index is 1540. The molecule has 0 saturated heterocycles. The van der Waals surface area contributed by atoms with Crippen LogP contribution in [0.25, 0.3) is 0 Å². The molecule has 0 fully saturated rings. The summed E-state index contributed by atoms with van der Waals surface area (Å²) >= 11 is 12.4. The van der Waals surface area contributed by atoms with Gasteiger partial charge in [0.05, 0.1) is 33.8 Å². The summed E-state index contributed by atoms with van der Waals surface area (Å²) in [5, 5.41) is 19.0. The first-order valence-corrected chi connectivity index (χ1v) is 13.7. The van der Waals surface area contributed by atoms with E-state index in [9.17, 15) is 37.5 Å². The summed E-state index contributed by atoms with van der Waals surface area (Å²) in [7, 11) is 0. The highest BCUT2D eigenvalue weighted by molar-refractivity contribution is 6.40. The molecule has 1 unspecified atom stereocenters. The van der Waals surface area contributed by atoms with Crippen molar-refractivity contribution in [3.05, 3.63) is 104 Å². The highest BCUT2D eigenvalue weighted by atomic mass is 35.5. The lowest BCUT2D eigenvalue weighted by Gasteiger charge is -2.19. The molecule has 0 bridgehead atoms. The first kappa shape index (κ1) is 31.6. The summed E-state index contributed by atoms with van der Waals surface area (Å²) < 4.78 is 38.8. The van der Waals surface area contributed by atoms with Crippen LogP contribution in [0.15, 0.2) is 60.7 Å². The fourth-order valence-corrected chi connectivity index (χ4v) is 5.26. The van der Waals surface area contributed by atoms with Gasteiger partial charge in [-0.2, -0.15) is 13.2 Å². The van der Waals surface area contributed by atoms with E-state index in [1.807, 2.05) is 24.3 Å². The Hall–Kier alpha value is -4.29. The maximum atomic E-state index is 12.9. The molecule has 1 aliphatic carbocycles. The predicted molar refractivity (Wildman–Crippen MR) is 152 cm³/mol. The normalized spacial score (nSPS) is 14.8. The molecule has 0 spiro atoms. The molecular formula is C29H25Cl2F3N4O5. The second-order valence-electron chi connectivity index (χ2n) is 9.70. The predicted octanol–water partition coefficient (Wildman–Crippen LogP) is 5.11. The van der Waals surface area contributed by atoms with E-state index in [1.54, 1.807) is 0 Å². The summed E-state index contributed by atoms with van der Waals surface area (Å²) in [5.41, 5.74) is 1.05. The third-order valence-corrected chi connectivity index (χ3v) is 7.34. The number of carboxylic acid groups (broad SMARTS) is 1. The van der Waals surface area contributed by atoms with Gasteiger partial charge in [0.25, 0.3) is 11.8 Å². The lowest BCUT2D eigenvalue weighted by Crippen LogP contribution is -2.50. The molecule has 1 aliphatic rings. The van der Waals surface area contributed by atoms with Gasteiger partial charge in [0.2, 0.25) is 0 Å². The van der Waals surface area contributed by atoms with E-state index < -0.39 is 48.1 Å². The second-order valence-corrected chi connectivity index (χ2v) is 10.5. The molecule has 3 aromatic carbocycles. The molecule has 0 heterocycles. The molecule has 0 saturated carbocycles. The minimum atomic E-state index is -4.54. The zero-order valence-corrected chi connectivity index (χ0v) is 23.7. The van der Waals surface area contributed by atoms with E-state index in [0.717, 1.165) is 41.8 Å². The highest BCUT2D eigenvalue weighted by Crippen LogP contribution is 2.31. The first-order valence-electron chi connectivity index (χ1n) is 12.9. The summed E-state index contributed by atoms with van der Waals surface area (Å²) in [6.07, 6.45) is -3.04. The standard InChI is InChI=1S/C29H25Cl2F3N4O5/c30-20-11-17(25(39)35-13-15-4-3-6-18(10-15)29(32,33)34)12-21(31)24(20)26(40)37-23(27(41)42)14-36-28(43)38-22-9-8-16-5-1-2-7-19(16)22/h1-7,10-12,22-23H,8-9,13-14H2,(H,35,39)(H,37,40)(H,41,42)(H2,36,38,43)/t22-,23?/m1/s1. The topological polar surface area (TPSA) is 137 Å². The van der Waals surface area contributed by atoms with Crippen molar-refractivity contribution in [2.75, 3.05) is 6.54 Å². The number of aryl methyl sites for hydroxylation is 1. The van der Waals surface area contributed by atoms with Crippen LogP contribution >= 0.6 is 23.2 Å². The number of benzene rings is 3. The monoisotopic (exact) mass is 636 g/mol. The van der Waals surface area contributed by atoms with E-state index in [0.29, 0.717) is 6.42 Å². The molecule has 226 valence electrons. The van der Waals surface area contributed by atoms with Crippen LogP contribution in [0.5, 0.6) is 0 Å². The average Bonchev–Trinajstić information content (AvgIpc) is 3.35. The largest absolute Gasteiger partial charge is 0.480 e. The fraction of sp³-hybridized carbons (Fsp3) is 0.241. The van der Waals surface area contributed by atoms with Crippen molar-refractivity contribution in [2.24, 2.45) is 0 Å². The number of halogens is 5. The lowest BCUT2D eigenvalue weighted by molar-refractivity contribution is -0.139. The third-order valence-electron chi connectivity index (χ3n) is 6.75. The Morgan fingerprint density at radius 1 is 0.930 bits per heavy atom. The molecule has 43 heavy (non-hydrogen) atoms. The highest BCUT2D eigenvalue weighted by Gasteiger charge is 2.30. The van der Waals surface area contributed by atoms with Crippen LogP contribution in [0.2, 0.25) is 10.0 Å². The third kappa shape index (κ3) is 7.96. The first-order chi connectivity index (χ1) is 20.3. The Kier molecular flexibility index (Phi) is 9.82. The van der Waals surface area contributed by atoms with E-state index in [2.05, 4.69) is 21.3 Å². The van der Waals surface area contributed by atoms with Gasteiger partial charge in [-0.05, 0) is 53.8 Å². The minimum absolute atomic E-state index is 0.0832. The van der Waals surface area contributed by atoms with Crippen LogP contribution in [-0.4, -0.2) is 41.5 Å². The van der Waals surface area contributed by atoms with Crippen molar-refractivity contribution in [2.45, 2.75) is 37.6 Å². The molecule has 5 N–H and O–H groups in total. The number of aliphatic carboxylic acids is 1. The number of hydrogen-bond acceptors (Lipinski definition) is 4. The van der Waals surface area contributed by atoms with Crippen molar-refractivity contribution >= 4 is 47.0 Å². The molecule has 0 radical (unpaired) electrons. The number of amides is 4. The van der Waals surface area contributed by atoms with Crippen molar-refractivity contribution in [1.29, 1.82) is 0 Å². The molecule has 0 aliphatic heterocycles. The van der Waals surface area contributed by atoms with Crippen LogP contribution in [0.3, 0.4) is 0 Å². The van der Waals surface area contributed by atoms with Gasteiger partial charge in [0.1, 0.15) is 6.04 Å². The van der Waals surface area contributed by atoms with E-state index >= 15 is 0 Å². The van der Waals surface area contributed by atoms with Crippen molar-refractivity contribution in [1.82, 2.24) is 21.3 Å². The van der Waals surface area contributed by atoms with Gasteiger partial charge < -0.3 is 26.4 Å². The van der Waals surface area contributed by atoms with Crippen molar-refractivity contribution in [3.63, 3.8) is 0 Å². The quantitative estimate of drug-likeness (QED) is 0.222. The average molecular weight is 637 g/mol. The number of fused-ring (bicyclic) bond motifs is 1. The Morgan fingerprint density at radius 3 is 2.30 bits per heavy atom. The number of nitrogens with one attached hydrogen (secondary N) is 4. The number of rotatable bonds is 9. The number of carboxylic acids is 1. The van der Waals surface area contributed by atoms with Crippen LogP contribution < -0.4 is 21.3 Å². The van der Waals surface area contributed by atoms with Gasteiger partial charge in [0, 0.05) is 12.1 Å². The van der Waals surface area contributed by atoms with Gasteiger partial charge >= 0.3 is 18.2 Å². The van der Waals surface area contributed by atoms with E-state index in [1.165, 1.54) is 12.1 Å². The van der Waals surface area contributed by atoms with Crippen LogP contribution in [0.4, 0.5) is 18.0 Å². The number of carbonyl (C=O) groups excluding carboxylic acids is 3. The van der Waals surface area contributed by atoms with Gasteiger partial charge in [0.15, 0.2) is 0 Å². The molecule has 3 aromatic rings. The van der Waals surface area contributed by atoms with Crippen molar-refractivity contribution in [3.8, 4) is 0 Å². The second kappa shape index (κ2) is 13.3. The smallest absolute Gasteiger partial charge is 0.416 e. The molecule has 9 nitrogen and oxygen atoms in total. The SMILES string of the molecule is O=C(NCC(NC(=O)c1c(Cl)cc(C(=O)NCc2cccc(C(F)(F)F)c2)cc1Cl)C(=O)O)N[C@@H]1CCc2ccccc21. The Labute approximate surface area is 253 Å². The zero-order valence-electron chi connectivity index (χ0n) is 22.2. The zero-order chi connectivity index (χ0) is 31.3. The summed E-state index contributed by atoms with van der Waals surface area (Å²) in [4.78, 5) is 49.8. The summed E-state index contributed by atoms with van der Waals surface area (Å²) in [6.45, 7) is -0.680. The van der Waals surface area contributed by atoms with Gasteiger partial charge in [-0.25, -0.2) is 9.59 Å². The van der Waals surface area contributed by atoms with Gasteiger partial charge in [-0.1, -0.05) is 59.6 Å². The summed E-state index contributed by atoms with van der Waals surface area (Å²) in [5.74, 6) is -3.13. The fourth-order valence-electron chi connectivity index (χ4n) is 4.60. The number of urea groups is 1. The van der Waals surface area contributed by atoms with E-state index in [-0.39, 0.29) is 39.3 Å². The van der Waals surface area contributed by atoms with E-state index in [4.69, 9.17) is 23.2 Å². The molecule has 2 atom stereocenters. The number of carbonyl (C=O) groups is 4. The lowest BCUT2D eigenvalue weighted by atomic mass is 10.1. The maximum absolute atomic E-state index is 12.9. The van der Waals surface area contributed by atoms with Gasteiger partial charge in [-0.3, -0.25) is 9.59 Å². The molecule has 0 aromatic heterocycles. The summed E-state index contributed by atoms with van der Waals surface area (Å²) in [6, 6.07) is 11.9. The van der Waals surface area contributed by atoms with Crippen LogP contribution in [0.1, 0.15) is 55.4 Å². The number of hydrogen-bond donors (Lipinski definition) is 5. The van der Waals surface area contributed by atoms with Crippen LogP contribution in [-0.2, 0) is 23.9 Å². The minimum Gasteiger partial charge on any atom is -0.480 e.